The Morgan fingerprint density at radius 2 is 2.04 bits per heavy atom. The third kappa shape index (κ3) is 3.45. The fourth-order valence-electron chi connectivity index (χ4n) is 2.58. The van der Waals surface area contributed by atoms with Crippen LogP contribution in [-0.2, 0) is 4.79 Å². The number of hydrogen-bond donors (Lipinski definition) is 2. The molecule has 25 heavy (non-hydrogen) atoms. The number of anilines is 1. The Bertz CT molecular complexity index is 1070. The minimum absolute atomic E-state index is 0.0900. The summed E-state index contributed by atoms with van der Waals surface area (Å²) in [6.07, 6.45) is 1.55. The van der Waals surface area contributed by atoms with Gasteiger partial charge in [0, 0.05) is 17.3 Å². The van der Waals surface area contributed by atoms with Crippen LogP contribution in [0.5, 0.6) is 0 Å². The molecule has 4 aromatic rings. The number of halogens is 1. The molecule has 1 amide bonds. The van der Waals surface area contributed by atoms with Crippen molar-refractivity contribution in [3.8, 4) is 0 Å². The topological polar surface area (TPSA) is 70.7 Å². The van der Waals surface area contributed by atoms with E-state index in [1.807, 2.05) is 42.5 Å². The van der Waals surface area contributed by atoms with Crippen LogP contribution in [0.25, 0.3) is 21.9 Å². The average molecular weight is 369 g/mol. The first kappa shape index (κ1) is 15.9. The van der Waals surface area contributed by atoms with Crippen molar-refractivity contribution >= 4 is 56.9 Å². The van der Waals surface area contributed by atoms with Crippen molar-refractivity contribution in [3.63, 3.8) is 0 Å². The number of carbonyl (C=O) groups excluding carboxylic acids is 1. The lowest BCUT2D eigenvalue weighted by Crippen LogP contribution is -2.14. The van der Waals surface area contributed by atoms with Crippen molar-refractivity contribution in [2.75, 3.05) is 11.1 Å². The molecule has 0 aliphatic heterocycles. The number of carbonyl (C=O) groups is 1. The quantitative estimate of drug-likeness (QED) is 0.520. The second kappa shape index (κ2) is 6.74. The monoisotopic (exact) mass is 368 g/mol. The van der Waals surface area contributed by atoms with Crippen molar-refractivity contribution < 1.29 is 4.79 Å². The van der Waals surface area contributed by atoms with E-state index in [-0.39, 0.29) is 11.7 Å². The Balaban J connectivity index is 1.46. The summed E-state index contributed by atoms with van der Waals surface area (Å²) in [5.41, 5.74) is 2.15. The number of thioether (sulfide) groups is 1. The molecule has 0 unspecified atom stereocenters. The van der Waals surface area contributed by atoms with Crippen molar-refractivity contribution in [3.05, 3.63) is 59.8 Å². The first-order valence-electron chi connectivity index (χ1n) is 7.61. The van der Waals surface area contributed by atoms with E-state index >= 15 is 0 Å². The summed E-state index contributed by atoms with van der Waals surface area (Å²) in [6.45, 7) is 0. The van der Waals surface area contributed by atoms with Gasteiger partial charge in [0.15, 0.2) is 10.8 Å². The Labute approximate surface area is 152 Å². The molecule has 4 rings (SSSR count). The fraction of sp³-hybridized carbons (Fsp3) is 0.0556. The first-order valence-corrected chi connectivity index (χ1v) is 8.97. The maximum atomic E-state index is 12.3. The van der Waals surface area contributed by atoms with Gasteiger partial charge in [-0.25, -0.2) is 9.97 Å². The van der Waals surface area contributed by atoms with Crippen LogP contribution in [0.15, 0.2) is 59.9 Å². The molecule has 0 fully saturated rings. The minimum atomic E-state index is -0.0900. The number of aromatic amines is 1. The second-order valence-electron chi connectivity index (χ2n) is 5.43. The molecular formula is C18H13ClN4OS. The van der Waals surface area contributed by atoms with Crippen LogP contribution in [-0.4, -0.2) is 26.6 Å². The largest absolute Gasteiger partial charge is 0.331 e. The molecule has 2 heterocycles. The molecule has 7 heteroatoms. The molecular weight excluding hydrogens is 356 g/mol. The average Bonchev–Trinajstić information content (AvgIpc) is 3.02. The highest BCUT2D eigenvalue weighted by Crippen LogP contribution is 2.24. The van der Waals surface area contributed by atoms with Crippen LogP contribution in [0.3, 0.4) is 0 Å². The predicted molar refractivity (Wildman–Crippen MR) is 102 cm³/mol. The van der Waals surface area contributed by atoms with Gasteiger partial charge >= 0.3 is 0 Å². The normalized spacial score (nSPS) is 11.1. The van der Waals surface area contributed by atoms with Gasteiger partial charge < -0.3 is 10.3 Å². The van der Waals surface area contributed by atoms with Gasteiger partial charge in [-0.2, -0.15) is 0 Å². The number of pyridine rings is 1. The maximum absolute atomic E-state index is 12.3. The zero-order chi connectivity index (χ0) is 17.2. The summed E-state index contributed by atoms with van der Waals surface area (Å²) < 4.78 is 0. The van der Waals surface area contributed by atoms with Gasteiger partial charge in [0.2, 0.25) is 5.91 Å². The van der Waals surface area contributed by atoms with Crippen LogP contribution in [0, 0.1) is 0 Å². The number of benzene rings is 2. The number of amides is 1. The summed E-state index contributed by atoms with van der Waals surface area (Å²) in [4.78, 5) is 23.9. The number of rotatable bonds is 4. The lowest BCUT2D eigenvalue weighted by Gasteiger charge is -2.08. The van der Waals surface area contributed by atoms with Crippen molar-refractivity contribution in [2.24, 2.45) is 0 Å². The highest BCUT2D eigenvalue weighted by atomic mass is 35.5. The van der Waals surface area contributed by atoms with Crippen molar-refractivity contribution in [2.45, 2.75) is 5.16 Å². The molecule has 0 atom stereocenters. The van der Waals surface area contributed by atoms with Gasteiger partial charge in [-0.3, -0.25) is 4.79 Å². The highest BCUT2D eigenvalue weighted by molar-refractivity contribution is 7.99. The van der Waals surface area contributed by atoms with E-state index in [1.54, 1.807) is 12.3 Å². The smallest absolute Gasteiger partial charge is 0.234 e. The van der Waals surface area contributed by atoms with Crippen LogP contribution < -0.4 is 5.32 Å². The van der Waals surface area contributed by atoms with E-state index in [4.69, 9.17) is 11.6 Å². The number of aromatic nitrogens is 3. The number of imidazole rings is 1. The second-order valence-corrected chi connectivity index (χ2v) is 6.83. The maximum Gasteiger partial charge on any atom is 0.234 e. The van der Waals surface area contributed by atoms with Gasteiger partial charge in [-0.15, -0.1) is 0 Å². The minimum Gasteiger partial charge on any atom is -0.331 e. The van der Waals surface area contributed by atoms with Gasteiger partial charge in [-0.1, -0.05) is 59.8 Å². The molecule has 0 spiro atoms. The summed E-state index contributed by atoms with van der Waals surface area (Å²) in [5.74, 6) is 0.157. The number of nitrogens with zero attached hydrogens (tertiary/aromatic N) is 2. The molecule has 0 aliphatic rings. The van der Waals surface area contributed by atoms with Crippen LogP contribution in [0.2, 0.25) is 5.02 Å². The van der Waals surface area contributed by atoms with Crippen LogP contribution >= 0.6 is 23.4 Å². The molecule has 0 saturated heterocycles. The van der Waals surface area contributed by atoms with Crippen LogP contribution in [0.1, 0.15) is 0 Å². The molecule has 0 radical (unpaired) electrons. The lowest BCUT2D eigenvalue weighted by molar-refractivity contribution is -0.113. The van der Waals surface area contributed by atoms with Crippen molar-refractivity contribution in [1.82, 2.24) is 15.0 Å². The van der Waals surface area contributed by atoms with Crippen molar-refractivity contribution in [1.29, 1.82) is 0 Å². The van der Waals surface area contributed by atoms with E-state index in [0.717, 1.165) is 22.0 Å². The predicted octanol–water partition coefficient (Wildman–Crippen LogP) is 4.50. The van der Waals surface area contributed by atoms with Gasteiger partial charge in [0.05, 0.1) is 16.3 Å². The third-order valence-electron chi connectivity index (χ3n) is 3.69. The summed E-state index contributed by atoms with van der Waals surface area (Å²) in [7, 11) is 0. The van der Waals surface area contributed by atoms with E-state index in [1.165, 1.54) is 11.8 Å². The molecule has 0 saturated carbocycles. The Morgan fingerprint density at radius 3 is 2.96 bits per heavy atom. The molecule has 0 bridgehead atoms. The molecule has 2 aromatic carbocycles. The van der Waals surface area contributed by atoms with E-state index in [9.17, 15) is 4.79 Å². The third-order valence-corrected chi connectivity index (χ3v) is 4.77. The molecule has 2 N–H and O–H groups in total. The SMILES string of the molecule is O=C(CSc1nc2ncc(Cl)cc2[nH]1)Nc1cccc2ccccc12. The fourth-order valence-corrected chi connectivity index (χ4v) is 3.41. The molecule has 5 nitrogen and oxygen atoms in total. The van der Waals surface area contributed by atoms with E-state index < -0.39 is 0 Å². The first-order chi connectivity index (χ1) is 12.2. The highest BCUT2D eigenvalue weighted by Gasteiger charge is 2.10. The van der Waals surface area contributed by atoms with Gasteiger partial charge in [0.25, 0.3) is 0 Å². The Hall–Kier alpha value is -2.57. The number of fused-ring (bicyclic) bond motifs is 2. The number of hydrogen-bond acceptors (Lipinski definition) is 4. The van der Waals surface area contributed by atoms with Gasteiger partial charge in [0.1, 0.15) is 0 Å². The molecule has 2 aromatic heterocycles. The number of H-pyrrole nitrogens is 1. The summed E-state index contributed by atoms with van der Waals surface area (Å²) in [6, 6.07) is 15.6. The number of nitrogens with one attached hydrogen (secondary N) is 2. The van der Waals surface area contributed by atoms with E-state index in [0.29, 0.717) is 15.8 Å². The lowest BCUT2D eigenvalue weighted by atomic mass is 10.1. The van der Waals surface area contributed by atoms with E-state index in [2.05, 4.69) is 20.3 Å². The van der Waals surface area contributed by atoms with Crippen LogP contribution in [0.4, 0.5) is 5.69 Å². The zero-order valence-corrected chi connectivity index (χ0v) is 14.6. The summed E-state index contributed by atoms with van der Waals surface area (Å²) >= 11 is 7.24. The van der Waals surface area contributed by atoms with Gasteiger partial charge in [-0.05, 0) is 17.5 Å². The zero-order valence-electron chi connectivity index (χ0n) is 13.0. The molecule has 124 valence electrons. The summed E-state index contributed by atoms with van der Waals surface area (Å²) in [5, 5.41) is 6.25. The Morgan fingerprint density at radius 1 is 1.20 bits per heavy atom. The standard InChI is InChI=1S/C18H13ClN4OS/c19-12-8-15-17(20-9-12)23-18(22-15)25-10-16(24)21-14-7-3-5-11-4-1-2-6-13(11)14/h1-9H,10H2,(H,21,24)(H,20,22,23). The molecule has 0 aliphatic carbocycles. The Kier molecular flexibility index (Phi) is 4.29.